The molecule has 1 heterocycles. The summed E-state index contributed by atoms with van der Waals surface area (Å²) in [5.41, 5.74) is 6.21. The van der Waals surface area contributed by atoms with Gasteiger partial charge < -0.3 is 66.0 Å². The Balaban J connectivity index is 0.000000185. The number of phenols is 11. The highest BCUT2D eigenvalue weighted by Gasteiger charge is 2.35. The first-order valence-electron chi connectivity index (χ1n) is 25.4. The topological polar surface area (TPSA) is 303 Å². The Bertz CT molecular complexity index is 3750. The van der Waals surface area contributed by atoms with Crippen LogP contribution in [0.15, 0.2) is 24.3 Å². The molecule has 0 bridgehead atoms. The molecule has 8 aromatic rings. The van der Waals surface area contributed by atoms with Crippen molar-refractivity contribution in [3.63, 3.8) is 0 Å². The molecule has 78 heavy (non-hydrogen) atoms. The summed E-state index contributed by atoms with van der Waals surface area (Å²) in [6.07, 6.45) is -0.0998. The van der Waals surface area contributed by atoms with Gasteiger partial charge in [0.05, 0.1) is 22.3 Å². The van der Waals surface area contributed by atoms with Gasteiger partial charge in [0.1, 0.15) is 23.0 Å². The molecule has 0 aromatic heterocycles. The summed E-state index contributed by atoms with van der Waals surface area (Å²) in [7, 11) is 0. The van der Waals surface area contributed by atoms with Crippen LogP contribution < -0.4 is 4.74 Å². The summed E-state index contributed by atoms with van der Waals surface area (Å²) < 4.78 is 5.49. The van der Waals surface area contributed by atoms with Crippen LogP contribution in [-0.2, 0) is 0 Å². The first-order chi connectivity index (χ1) is 36.4. The maximum atomic E-state index is 12.0. The number of rotatable bonds is 8. The van der Waals surface area contributed by atoms with Crippen molar-refractivity contribution in [3.05, 3.63) is 102 Å². The minimum absolute atomic E-state index is 0.00512. The van der Waals surface area contributed by atoms with Crippen molar-refractivity contribution in [2.75, 3.05) is 0 Å². The van der Waals surface area contributed by atoms with Gasteiger partial charge in [0.15, 0.2) is 64.9 Å². The van der Waals surface area contributed by atoms with Crippen LogP contribution >= 0.6 is 0 Å². The fourth-order valence-electron chi connectivity index (χ4n) is 11.2. The average molecular weight is 1070 g/mol. The van der Waals surface area contributed by atoms with Gasteiger partial charge in [-0.25, -0.2) is 0 Å². The van der Waals surface area contributed by atoms with E-state index in [0.717, 1.165) is 22.1 Å². The number of aryl methyl sites for hydroxylation is 4. The Morgan fingerprint density at radius 3 is 0.974 bits per heavy atom. The Morgan fingerprint density at radius 2 is 0.654 bits per heavy atom. The van der Waals surface area contributed by atoms with Gasteiger partial charge in [-0.3, -0.25) is 14.4 Å². The molecule has 1 aliphatic rings. The van der Waals surface area contributed by atoms with Crippen molar-refractivity contribution in [2.45, 2.75) is 127 Å². The lowest BCUT2D eigenvalue weighted by molar-refractivity contribution is -0.0108. The maximum absolute atomic E-state index is 12.0. The molecule has 16 nitrogen and oxygen atoms in total. The number of aliphatic hydroxyl groups is 1. The third-order valence-electron chi connectivity index (χ3n) is 15.2. The van der Waals surface area contributed by atoms with Crippen LogP contribution in [0.3, 0.4) is 0 Å². The second kappa shape index (κ2) is 20.7. The highest BCUT2D eigenvalue weighted by molar-refractivity contribution is 6.14. The second-order valence-corrected chi connectivity index (χ2v) is 21.4. The predicted octanol–water partition coefficient (Wildman–Crippen LogP) is 13.3. The zero-order valence-corrected chi connectivity index (χ0v) is 45.9. The lowest BCUT2D eigenvalue weighted by atomic mass is 9.83. The first-order valence-corrected chi connectivity index (χ1v) is 25.4. The molecule has 0 aliphatic carbocycles. The Morgan fingerprint density at radius 1 is 0.372 bits per heavy atom. The van der Waals surface area contributed by atoms with Crippen molar-refractivity contribution >= 4 is 61.9 Å². The Labute approximate surface area is 449 Å². The summed E-state index contributed by atoms with van der Waals surface area (Å²) in [5.74, 6) is -4.24. The van der Waals surface area contributed by atoms with Gasteiger partial charge >= 0.3 is 0 Å². The molecule has 410 valence electrons. The van der Waals surface area contributed by atoms with Crippen LogP contribution in [0.5, 0.6) is 69.0 Å². The maximum Gasteiger partial charge on any atom is 0.228 e. The molecule has 8 aromatic carbocycles. The fourth-order valence-corrected chi connectivity index (χ4v) is 11.2. The van der Waals surface area contributed by atoms with Gasteiger partial charge in [0, 0.05) is 54.9 Å². The molecular formula is C62H66O16. The molecule has 0 fully saturated rings. The van der Waals surface area contributed by atoms with E-state index in [1.165, 1.54) is 0 Å². The molecule has 0 saturated carbocycles. The monoisotopic (exact) mass is 1070 g/mol. The fraction of sp³-hybridized carbons (Fsp3) is 0.306. The minimum Gasteiger partial charge on any atom is -0.507 e. The SMILES string of the molecule is Cc1cc2c(C(C)C)c(O)c(O)c(C=O)c2c(O)c1-c1c(C)cc2c(C(C)C)c(O)c(O)c(C=O)c2c1O.Cc1cc2c(C(C)C)c(O)c(O)c(C=O)c2c(O)c1C.Cc1cc2c(C(C)C)c(O)c(O)c3c2c(c1C)OC3O. The van der Waals surface area contributed by atoms with E-state index in [0.29, 0.717) is 90.5 Å². The molecule has 12 N–H and O–H groups in total. The normalized spacial score (nSPS) is 12.9. The van der Waals surface area contributed by atoms with Gasteiger partial charge in [-0.1, -0.05) is 79.7 Å². The molecule has 0 saturated heterocycles. The molecule has 9 rings (SSSR count). The van der Waals surface area contributed by atoms with Crippen LogP contribution in [0.2, 0.25) is 0 Å². The summed E-state index contributed by atoms with van der Waals surface area (Å²) >= 11 is 0. The van der Waals surface area contributed by atoms with E-state index in [2.05, 4.69) is 0 Å². The van der Waals surface area contributed by atoms with Crippen molar-refractivity contribution in [3.8, 4) is 80.1 Å². The predicted molar refractivity (Wildman–Crippen MR) is 300 cm³/mol. The summed E-state index contributed by atoms with van der Waals surface area (Å²) in [4.78, 5) is 35.2. The third-order valence-corrected chi connectivity index (χ3v) is 15.2. The number of aldehydes is 3. The third kappa shape index (κ3) is 8.64. The van der Waals surface area contributed by atoms with Crippen molar-refractivity contribution < 1.29 is 80.4 Å². The standard InChI is InChI=1S/C30H30O8.2C16H18O4/c1-11(2)19-15-7-13(5)21(27(35)23(15)17(9-31)25(33)29(19)37)22-14(6)8-16-20(12(3)4)30(38)26(34)18(10-32)24(16)28(22)36;1-6(2)10-9-5-7(3)8(4)15-11(9)12(16(19)20-15)14(18)13(10)17;1-7(2)12-10-5-8(3)9(4)14(18)13(10)11(6-17)15(19)16(12)20/h7-12,33-38H,1-6H3;5-6,16-19H,1-4H3;5-7,18-20H,1-4H3. The van der Waals surface area contributed by atoms with Crippen molar-refractivity contribution in [1.82, 2.24) is 0 Å². The van der Waals surface area contributed by atoms with Gasteiger partial charge in [0.2, 0.25) is 6.29 Å². The number of ether oxygens (including phenoxy) is 1. The van der Waals surface area contributed by atoms with Crippen LogP contribution in [0.1, 0.15) is 178 Å². The highest BCUT2D eigenvalue weighted by Crippen LogP contribution is 2.56. The van der Waals surface area contributed by atoms with E-state index in [1.807, 2.05) is 60.6 Å². The minimum atomic E-state index is -1.24. The van der Waals surface area contributed by atoms with Crippen molar-refractivity contribution in [1.29, 1.82) is 0 Å². The number of benzene rings is 8. The summed E-state index contributed by atoms with van der Waals surface area (Å²) in [5, 5.41) is 130. The van der Waals surface area contributed by atoms with E-state index < -0.39 is 46.5 Å². The first kappa shape index (κ1) is 57.1. The number of carbonyl (C=O) groups excluding carboxylic acids is 3. The number of aromatic hydroxyl groups is 11. The second-order valence-electron chi connectivity index (χ2n) is 21.4. The zero-order valence-electron chi connectivity index (χ0n) is 45.9. The lowest BCUT2D eigenvalue weighted by Gasteiger charge is -2.23. The van der Waals surface area contributed by atoms with E-state index in [4.69, 9.17) is 4.74 Å². The van der Waals surface area contributed by atoms with Gasteiger partial charge in [0.25, 0.3) is 0 Å². The van der Waals surface area contributed by atoms with Gasteiger partial charge in [-0.15, -0.1) is 0 Å². The number of fused-ring (bicyclic) bond motifs is 3. The molecule has 1 atom stereocenters. The number of aliphatic hydroxyl groups excluding tert-OH is 1. The van der Waals surface area contributed by atoms with Crippen LogP contribution in [0, 0.1) is 41.5 Å². The van der Waals surface area contributed by atoms with Gasteiger partial charge in [-0.2, -0.15) is 0 Å². The summed E-state index contributed by atoms with van der Waals surface area (Å²) in [6.45, 7) is 25.7. The largest absolute Gasteiger partial charge is 0.507 e. The Hall–Kier alpha value is -8.63. The number of phenolic OH excluding ortho intramolecular Hbond substituents is 11. The van der Waals surface area contributed by atoms with Crippen LogP contribution in [0.4, 0.5) is 0 Å². The number of carbonyl (C=O) groups is 3. The molecular weight excluding hydrogens is 1000 g/mol. The van der Waals surface area contributed by atoms with E-state index in [-0.39, 0.29) is 90.8 Å². The molecule has 1 unspecified atom stereocenters. The van der Waals surface area contributed by atoms with E-state index >= 15 is 0 Å². The highest BCUT2D eigenvalue weighted by atomic mass is 16.6. The number of hydrogen-bond donors (Lipinski definition) is 12. The van der Waals surface area contributed by atoms with Crippen molar-refractivity contribution in [2.24, 2.45) is 0 Å². The van der Waals surface area contributed by atoms with Gasteiger partial charge in [-0.05, 0) is 120 Å². The quantitative estimate of drug-likeness (QED) is 0.0497. The Kier molecular flexibility index (Phi) is 15.2. The molecule has 0 amide bonds. The van der Waals surface area contributed by atoms with Crippen LogP contribution in [-0.4, -0.2) is 80.1 Å². The lowest BCUT2D eigenvalue weighted by Crippen LogP contribution is -2.01. The molecule has 0 radical (unpaired) electrons. The van der Waals surface area contributed by atoms with E-state index in [1.54, 1.807) is 60.6 Å². The molecule has 16 heteroatoms. The molecule has 1 aliphatic heterocycles. The van der Waals surface area contributed by atoms with Crippen LogP contribution in [0.25, 0.3) is 54.2 Å². The molecule has 0 spiro atoms. The van der Waals surface area contributed by atoms with E-state index in [9.17, 15) is 75.7 Å². The zero-order chi connectivity index (χ0) is 58.3. The number of hydrogen-bond acceptors (Lipinski definition) is 16. The average Bonchev–Trinajstić information content (AvgIpc) is 3.91. The summed E-state index contributed by atoms with van der Waals surface area (Å²) in [6, 6.07) is 7.12. The smallest absolute Gasteiger partial charge is 0.228 e.